The van der Waals surface area contributed by atoms with E-state index in [1.807, 2.05) is 30.3 Å². The first kappa shape index (κ1) is 19.6. The maximum Gasteiger partial charge on any atom is 0.315 e. The summed E-state index contributed by atoms with van der Waals surface area (Å²) < 4.78 is 16.6. The molecule has 1 amide bonds. The van der Waals surface area contributed by atoms with Gasteiger partial charge in [-0.15, -0.1) is 11.8 Å². The molecular weight excluding hydrogens is 423 g/mol. The van der Waals surface area contributed by atoms with Crippen molar-refractivity contribution < 1.29 is 19.1 Å². The molecule has 2 aromatic carbocycles. The van der Waals surface area contributed by atoms with E-state index in [9.17, 15) is 14.7 Å². The smallest absolute Gasteiger partial charge is 0.315 e. The number of thioether (sulfide) groups is 1. The molecule has 3 aromatic rings. The fourth-order valence-corrected chi connectivity index (χ4v) is 5.11. The van der Waals surface area contributed by atoms with Crippen molar-refractivity contribution >= 4 is 17.7 Å². The van der Waals surface area contributed by atoms with Crippen LogP contribution in [0.3, 0.4) is 0 Å². The van der Waals surface area contributed by atoms with Crippen LogP contribution in [0.15, 0.2) is 58.5 Å². The summed E-state index contributed by atoms with van der Waals surface area (Å²) in [5, 5.41) is 13.0. The van der Waals surface area contributed by atoms with Gasteiger partial charge in [0.15, 0.2) is 5.69 Å². The van der Waals surface area contributed by atoms with Crippen molar-refractivity contribution in [2.24, 2.45) is 0 Å². The Morgan fingerprint density at radius 2 is 2.00 bits per heavy atom. The van der Waals surface area contributed by atoms with Crippen molar-refractivity contribution in [3.05, 3.63) is 87.3 Å². The lowest BCUT2D eigenvalue weighted by Gasteiger charge is -2.42. The second-order valence-electron chi connectivity index (χ2n) is 7.08. The number of rotatable bonds is 2. The van der Waals surface area contributed by atoms with E-state index >= 15 is 4.39 Å². The van der Waals surface area contributed by atoms with Gasteiger partial charge < -0.3 is 5.11 Å². The lowest BCUT2D eigenvalue weighted by Crippen LogP contribution is -2.55. The van der Waals surface area contributed by atoms with Gasteiger partial charge in [0, 0.05) is 16.2 Å². The molecule has 5 rings (SSSR count). The fourth-order valence-electron chi connectivity index (χ4n) is 4.03. The molecule has 2 aliphatic rings. The van der Waals surface area contributed by atoms with Gasteiger partial charge in [0.1, 0.15) is 24.9 Å². The molecule has 158 valence electrons. The molecule has 10 heteroatoms. The maximum atomic E-state index is 15.3. The standard InChI is InChI=1S/C21H17FN4O4S/c1-30-26-11-25(24-10-23-20(28)19(27)18(24)21(26)29)17-13-6-2-3-8-15(13)31-9-12-5-4-7-14(22)16(12)17/h2-8,10,17,27H,9,11H2,1H3/t17-/m1/s1. The van der Waals surface area contributed by atoms with E-state index in [1.165, 1.54) is 24.2 Å². The average Bonchev–Trinajstić information content (AvgIpc) is 2.94. The number of carbonyl (C=O) groups is 1. The first-order valence-corrected chi connectivity index (χ1v) is 10.4. The molecule has 8 nitrogen and oxygen atoms in total. The Bertz CT molecular complexity index is 1260. The number of carbonyl (C=O) groups excluding carboxylic acids is 1. The van der Waals surface area contributed by atoms with Crippen LogP contribution in [-0.4, -0.2) is 39.5 Å². The lowest BCUT2D eigenvalue weighted by atomic mass is 9.94. The molecule has 2 aliphatic heterocycles. The molecule has 0 fully saturated rings. The topological polar surface area (TPSA) is 87.9 Å². The number of hydroxylamine groups is 2. The third kappa shape index (κ3) is 2.98. The second kappa shape index (κ2) is 7.40. The number of halogens is 1. The van der Waals surface area contributed by atoms with Gasteiger partial charge in [0.25, 0.3) is 0 Å². The predicted molar refractivity (Wildman–Crippen MR) is 111 cm³/mol. The zero-order valence-electron chi connectivity index (χ0n) is 16.4. The summed E-state index contributed by atoms with van der Waals surface area (Å²) in [6.45, 7) is -0.0796. The highest BCUT2D eigenvalue weighted by atomic mass is 32.2. The second-order valence-corrected chi connectivity index (χ2v) is 8.10. The van der Waals surface area contributed by atoms with Gasteiger partial charge >= 0.3 is 11.5 Å². The Morgan fingerprint density at radius 3 is 2.81 bits per heavy atom. The number of aromatic nitrogens is 2. The Hall–Kier alpha value is -3.37. The van der Waals surface area contributed by atoms with Gasteiger partial charge in [-0.1, -0.05) is 30.3 Å². The van der Waals surface area contributed by atoms with Gasteiger partial charge in [0.05, 0.1) is 7.11 Å². The van der Waals surface area contributed by atoms with Crippen LogP contribution in [-0.2, 0) is 10.6 Å². The van der Waals surface area contributed by atoms with Crippen LogP contribution < -0.4 is 10.6 Å². The van der Waals surface area contributed by atoms with Crippen molar-refractivity contribution in [2.45, 2.75) is 16.7 Å². The van der Waals surface area contributed by atoms with Crippen molar-refractivity contribution in [2.75, 3.05) is 18.8 Å². The van der Waals surface area contributed by atoms with Gasteiger partial charge in [-0.05, 0) is 23.3 Å². The molecule has 31 heavy (non-hydrogen) atoms. The molecule has 0 saturated heterocycles. The SMILES string of the molecule is CON1CN([C@@H]2c3ccccc3SCc3cccc(F)c32)n2cnc(=O)c(O)c2C1=O. The maximum absolute atomic E-state index is 15.3. The highest BCUT2D eigenvalue weighted by Gasteiger charge is 2.40. The van der Waals surface area contributed by atoms with E-state index in [2.05, 4.69) is 4.98 Å². The van der Waals surface area contributed by atoms with E-state index in [0.29, 0.717) is 11.3 Å². The van der Waals surface area contributed by atoms with Crippen LogP contribution in [0, 0.1) is 5.82 Å². The van der Waals surface area contributed by atoms with Gasteiger partial charge in [0.2, 0.25) is 5.75 Å². The minimum Gasteiger partial charge on any atom is -0.501 e. The summed E-state index contributed by atoms with van der Waals surface area (Å²) in [5.74, 6) is -1.30. The summed E-state index contributed by atoms with van der Waals surface area (Å²) in [4.78, 5) is 34.6. The molecule has 0 spiro atoms. The highest BCUT2D eigenvalue weighted by Crippen LogP contribution is 2.43. The molecule has 1 atom stereocenters. The largest absolute Gasteiger partial charge is 0.501 e. The summed E-state index contributed by atoms with van der Waals surface area (Å²) in [5.41, 5.74) is 0.869. The Balaban J connectivity index is 1.81. The van der Waals surface area contributed by atoms with Crippen molar-refractivity contribution in [1.29, 1.82) is 0 Å². The number of amides is 1. The zero-order chi connectivity index (χ0) is 21.7. The molecular formula is C21H17FN4O4S. The summed E-state index contributed by atoms with van der Waals surface area (Å²) in [6, 6.07) is 11.9. The fraction of sp³-hybridized carbons (Fsp3) is 0.190. The van der Waals surface area contributed by atoms with Crippen molar-refractivity contribution in [1.82, 2.24) is 14.7 Å². The van der Waals surface area contributed by atoms with E-state index in [-0.39, 0.29) is 18.2 Å². The van der Waals surface area contributed by atoms with Gasteiger partial charge in [-0.25, -0.2) is 9.07 Å². The van der Waals surface area contributed by atoms with E-state index in [1.54, 1.807) is 22.8 Å². The Labute approximate surface area is 180 Å². The van der Waals surface area contributed by atoms with E-state index < -0.39 is 23.3 Å². The van der Waals surface area contributed by atoms with E-state index in [0.717, 1.165) is 21.1 Å². The number of hydrogen-bond donors (Lipinski definition) is 1. The summed E-state index contributed by atoms with van der Waals surface area (Å²) in [7, 11) is 1.31. The minimum absolute atomic E-state index is 0.0796. The molecule has 3 heterocycles. The monoisotopic (exact) mass is 440 g/mol. The molecule has 1 N–H and O–H groups in total. The number of nitrogens with zero attached hydrogens (tertiary/aromatic N) is 4. The van der Waals surface area contributed by atoms with Crippen LogP contribution in [0.4, 0.5) is 4.39 Å². The lowest BCUT2D eigenvalue weighted by molar-refractivity contribution is -0.105. The zero-order valence-corrected chi connectivity index (χ0v) is 17.2. The quantitative estimate of drug-likeness (QED) is 0.655. The van der Waals surface area contributed by atoms with E-state index in [4.69, 9.17) is 4.84 Å². The van der Waals surface area contributed by atoms with Crippen LogP contribution in [0.2, 0.25) is 0 Å². The van der Waals surface area contributed by atoms with Crippen LogP contribution >= 0.6 is 11.8 Å². The molecule has 0 unspecified atom stereocenters. The van der Waals surface area contributed by atoms with Crippen molar-refractivity contribution in [3.8, 4) is 5.75 Å². The van der Waals surface area contributed by atoms with Crippen LogP contribution in [0.5, 0.6) is 5.75 Å². The first-order chi connectivity index (χ1) is 15.0. The van der Waals surface area contributed by atoms with Crippen LogP contribution in [0.1, 0.15) is 33.2 Å². The van der Waals surface area contributed by atoms with Crippen molar-refractivity contribution in [3.63, 3.8) is 0 Å². The van der Waals surface area contributed by atoms with Gasteiger partial charge in [-0.2, -0.15) is 10.0 Å². The number of aromatic hydroxyl groups is 1. The molecule has 0 bridgehead atoms. The molecule has 0 saturated carbocycles. The third-order valence-electron chi connectivity index (χ3n) is 5.45. The van der Waals surface area contributed by atoms with Crippen LogP contribution in [0.25, 0.3) is 0 Å². The average molecular weight is 440 g/mol. The molecule has 0 aliphatic carbocycles. The minimum atomic E-state index is -0.930. The number of hydrogen-bond acceptors (Lipinski definition) is 7. The summed E-state index contributed by atoms with van der Waals surface area (Å²) in [6.07, 6.45) is 1.17. The number of benzene rings is 2. The third-order valence-corrected chi connectivity index (χ3v) is 6.59. The number of fused-ring (bicyclic) bond motifs is 3. The first-order valence-electron chi connectivity index (χ1n) is 9.43. The molecule has 0 radical (unpaired) electrons. The predicted octanol–water partition coefficient (Wildman–Crippen LogP) is 2.40. The highest BCUT2D eigenvalue weighted by molar-refractivity contribution is 7.98. The molecule has 1 aromatic heterocycles. The summed E-state index contributed by atoms with van der Waals surface area (Å²) >= 11 is 1.59. The Kier molecular flexibility index (Phi) is 4.67. The van der Waals surface area contributed by atoms with Gasteiger partial charge in [-0.3, -0.25) is 19.4 Å². The normalized spacial score (nSPS) is 17.6. The Morgan fingerprint density at radius 1 is 1.19 bits per heavy atom.